The fourth-order valence-corrected chi connectivity index (χ4v) is 1.50. The molecule has 0 saturated carbocycles. The van der Waals surface area contributed by atoms with E-state index in [4.69, 9.17) is 0 Å². The van der Waals surface area contributed by atoms with Crippen molar-refractivity contribution >= 4 is 0 Å². The lowest BCUT2D eigenvalue weighted by atomic mass is 10.1. The Hall–Kier alpha value is -0.850. The van der Waals surface area contributed by atoms with Gasteiger partial charge in [-0.2, -0.15) is 0 Å². The van der Waals surface area contributed by atoms with Gasteiger partial charge in [0.15, 0.2) is 11.9 Å². The van der Waals surface area contributed by atoms with Crippen molar-refractivity contribution in [3.8, 4) is 0 Å². The standard InChI is InChI=1S/C10H16N/c1-4-9-7-6-8-11(3)10(9)5-2/h6-8H,4-5H2,1-3H3/q+1. The van der Waals surface area contributed by atoms with Gasteiger partial charge in [0, 0.05) is 18.1 Å². The van der Waals surface area contributed by atoms with Gasteiger partial charge in [-0.15, -0.1) is 0 Å². The van der Waals surface area contributed by atoms with Crippen LogP contribution in [0.1, 0.15) is 25.1 Å². The highest BCUT2D eigenvalue weighted by molar-refractivity contribution is 5.15. The van der Waals surface area contributed by atoms with Crippen molar-refractivity contribution in [1.29, 1.82) is 0 Å². The zero-order valence-corrected chi connectivity index (χ0v) is 7.59. The molecule has 1 aromatic heterocycles. The highest BCUT2D eigenvalue weighted by atomic mass is 14.9. The van der Waals surface area contributed by atoms with Crippen molar-refractivity contribution in [2.24, 2.45) is 7.05 Å². The van der Waals surface area contributed by atoms with Gasteiger partial charge in [0.05, 0.1) is 0 Å². The summed E-state index contributed by atoms with van der Waals surface area (Å²) < 4.78 is 2.21. The highest BCUT2D eigenvalue weighted by Gasteiger charge is 2.07. The number of pyridine rings is 1. The van der Waals surface area contributed by atoms with E-state index in [0.29, 0.717) is 0 Å². The Morgan fingerprint density at radius 1 is 1.27 bits per heavy atom. The number of aromatic nitrogens is 1. The predicted molar refractivity (Wildman–Crippen MR) is 46.4 cm³/mol. The summed E-state index contributed by atoms with van der Waals surface area (Å²) >= 11 is 0. The van der Waals surface area contributed by atoms with Crippen LogP contribution in [-0.2, 0) is 19.9 Å². The highest BCUT2D eigenvalue weighted by Crippen LogP contribution is 2.03. The fraction of sp³-hybridized carbons (Fsp3) is 0.500. The summed E-state index contributed by atoms with van der Waals surface area (Å²) in [6.07, 6.45) is 4.37. The number of hydrogen-bond donors (Lipinski definition) is 0. The first-order valence-corrected chi connectivity index (χ1v) is 4.26. The second-order valence-electron chi connectivity index (χ2n) is 2.80. The van der Waals surface area contributed by atoms with E-state index in [9.17, 15) is 0 Å². The summed E-state index contributed by atoms with van der Waals surface area (Å²) in [7, 11) is 2.11. The molecule has 0 fully saturated rings. The van der Waals surface area contributed by atoms with Crippen LogP contribution < -0.4 is 4.57 Å². The molecule has 1 aromatic rings. The third kappa shape index (κ3) is 1.59. The second kappa shape index (κ2) is 3.51. The SMILES string of the molecule is CCc1ccc[n+](C)c1CC. The molecule has 11 heavy (non-hydrogen) atoms. The number of aryl methyl sites for hydroxylation is 2. The van der Waals surface area contributed by atoms with Gasteiger partial charge in [0.25, 0.3) is 0 Å². The zero-order chi connectivity index (χ0) is 8.27. The first-order valence-electron chi connectivity index (χ1n) is 4.26. The van der Waals surface area contributed by atoms with Crippen LogP contribution in [0.4, 0.5) is 0 Å². The summed E-state index contributed by atoms with van der Waals surface area (Å²) in [5.74, 6) is 0. The van der Waals surface area contributed by atoms with Crippen LogP contribution in [0.5, 0.6) is 0 Å². The molecule has 0 radical (unpaired) electrons. The second-order valence-corrected chi connectivity index (χ2v) is 2.80. The van der Waals surface area contributed by atoms with Gasteiger partial charge in [-0.3, -0.25) is 0 Å². The minimum absolute atomic E-state index is 1.13. The molecule has 1 rings (SSSR count). The minimum Gasteiger partial charge on any atom is -0.205 e. The molecule has 0 unspecified atom stereocenters. The lowest BCUT2D eigenvalue weighted by Gasteiger charge is -2.01. The third-order valence-electron chi connectivity index (χ3n) is 2.12. The number of hydrogen-bond acceptors (Lipinski definition) is 0. The Bertz CT molecular complexity index is 241. The Balaban J connectivity index is 3.13. The molecule has 0 bridgehead atoms. The van der Waals surface area contributed by atoms with E-state index >= 15 is 0 Å². The first kappa shape index (κ1) is 8.25. The molecule has 0 N–H and O–H groups in total. The average molecular weight is 150 g/mol. The number of nitrogens with zero attached hydrogens (tertiary/aromatic N) is 1. The van der Waals surface area contributed by atoms with Gasteiger partial charge >= 0.3 is 0 Å². The topological polar surface area (TPSA) is 3.88 Å². The van der Waals surface area contributed by atoms with E-state index < -0.39 is 0 Å². The minimum atomic E-state index is 1.13. The normalized spacial score (nSPS) is 10.1. The summed E-state index contributed by atoms with van der Waals surface area (Å²) in [6.45, 7) is 4.41. The molecule has 0 aliphatic heterocycles. The lowest BCUT2D eigenvalue weighted by molar-refractivity contribution is -0.679. The van der Waals surface area contributed by atoms with Crippen LogP contribution in [0.2, 0.25) is 0 Å². The van der Waals surface area contributed by atoms with Gasteiger partial charge in [-0.05, 0) is 12.5 Å². The van der Waals surface area contributed by atoms with Crippen LogP contribution in [0.3, 0.4) is 0 Å². The van der Waals surface area contributed by atoms with Gasteiger partial charge in [-0.25, -0.2) is 4.57 Å². The molecular weight excluding hydrogens is 134 g/mol. The number of rotatable bonds is 2. The molecule has 0 amide bonds. The van der Waals surface area contributed by atoms with Crippen LogP contribution in [-0.4, -0.2) is 0 Å². The first-order chi connectivity index (χ1) is 5.29. The molecule has 0 atom stereocenters. The van der Waals surface area contributed by atoms with Gasteiger partial charge in [-0.1, -0.05) is 13.8 Å². The maximum Gasteiger partial charge on any atom is 0.183 e. The molecule has 0 saturated heterocycles. The molecule has 0 aliphatic carbocycles. The Morgan fingerprint density at radius 3 is 2.45 bits per heavy atom. The maximum absolute atomic E-state index is 2.21. The van der Waals surface area contributed by atoms with Crippen LogP contribution in [0.15, 0.2) is 18.3 Å². The monoisotopic (exact) mass is 150 g/mol. The summed E-state index contributed by atoms with van der Waals surface area (Å²) in [4.78, 5) is 0. The Labute approximate surface area is 68.7 Å². The maximum atomic E-state index is 2.21. The van der Waals surface area contributed by atoms with E-state index in [1.54, 1.807) is 0 Å². The molecule has 1 heterocycles. The van der Waals surface area contributed by atoms with E-state index in [1.165, 1.54) is 11.3 Å². The van der Waals surface area contributed by atoms with Crippen molar-refractivity contribution in [2.75, 3.05) is 0 Å². The van der Waals surface area contributed by atoms with Crippen molar-refractivity contribution < 1.29 is 4.57 Å². The van der Waals surface area contributed by atoms with E-state index in [2.05, 4.69) is 43.8 Å². The van der Waals surface area contributed by atoms with Gasteiger partial charge in [0.1, 0.15) is 7.05 Å². The lowest BCUT2D eigenvalue weighted by Crippen LogP contribution is -2.33. The van der Waals surface area contributed by atoms with Crippen molar-refractivity contribution in [3.63, 3.8) is 0 Å². The summed E-state index contributed by atoms with van der Waals surface area (Å²) in [6, 6.07) is 4.32. The van der Waals surface area contributed by atoms with Crippen LogP contribution in [0.25, 0.3) is 0 Å². The molecular formula is C10H16N+. The quantitative estimate of drug-likeness (QED) is 0.564. The molecule has 1 heteroatoms. The molecule has 0 aromatic carbocycles. The third-order valence-corrected chi connectivity index (χ3v) is 2.12. The van der Waals surface area contributed by atoms with Gasteiger partial charge in [0.2, 0.25) is 0 Å². The Kier molecular flexibility index (Phi) is 2.64. The smallest absolute Gasteiger partial charge is 0.183 e. The van der Waals surface area contributed by atoms with Crippen molar-refractivity contribution in [1.82, 2.24) is 0 Å². The molecule has 0 aliphatic rings. The van der Waals surface area contributed by atoms with Gasteiger partial charge < -0.3 is 0 Å². The summed E-state index contributed by atoms with van der Waals surface area (Å²) in [5, 5.41) is 0. The Morgan fingerprint density at radius 2 is 2.00 bits per heavy atom. The largest absolute Gasteiger partial charge is 0.205 e. The van der Waals surface area contributed by atoms with E-state index in [1.807, 2.05) is 0 Å². The molecule has 60 valence electrons. The van der Waals surface area contributed by atoms with Crippen molar-refractivity contribution in [2.45, 2.75) is 26.7 Å². The van der Waals surface area contributed by atoms with Crippen LogP contribution >= 0.6 is 0 Å². The zero-order valence-electron chi connectivity index (χ0n) is 7.59. The average Bonchev–Trinajstić information content (AvgIpc) is 2.04. The molecule has 0 spiro atoms. The summed E-state index contributed by atoms with van der Waals surface area (Å²) in [5.41, 5.74) is 2.92. The molecule has 1 nitrogen and oxygen atoms in total. The van der Waals surface area contributed by atoms with Crippen molar-refractivity contribution in [3.05, 3.63) is 29.6 Å². The van der Waals surface area contributed by atoms with E-state index in [-0.39, 0.29) is 0 Å². The fourth-order valence-electron chi connectivity index (χ4n) is 1.50. The van der Waals surface area contributed by atoms with E-state index in [0.717, 1.165) is 12.8 Å². The predicted octanol–water partition coefficient (Wildman–Crippen LogP) is 1.64. The van der Waals surface area contributed by atoms with Crippen LogP contribution in [0, 0.1) is 0 Å².